The molecule has 0 unspecified atom stereocenters. The van der Waals surface area contributed by atoms with Crippen LogP contribution in [0.2, 0.25) is 0 Å². The van der Waals surface area contributed by atoms with Crippen LogP contribution in [0, 0.1) is 0 Å². The van der Waals surface area contributed by atoms with Crippen LogP contribution in [0.4, 0.5) is 23.1 Å². The molecule has 0 saturated carbocycles. The summed E-state index contributed by atoms with van der Waals surface area (Å²) >= 11 is 0. The van der Waals surface area contributed by atoms with E-state index in [1.165, 1.54) is 0 Å². The van der Waals surface area contributed by atoms with Crippen LogP contribution in [-0.4, -0.2) is 35.0 Å². The van der Waals surface area contributed by atoms with Crippen molar-refractivity contribution < 1.29 is 14.2 Å². The van der Waals surface area contributed by atoms with Crippen molar-refractivity contribution in [3.05, 3.63) is 48.7 Å². The molecule has 27 heavy (non-hydrogen) atoms. The number of benzene rings is 2. The minimum atomic E-state index is 0.366. The normalized spacial score (nSPS) is 12.3. The van der Waals surface area contributed by atoms with Crippen molar-refractivity contribution in [3.63, 3.8) is 0 Å². The van der Waals surface area contributed by atoms with E-state index in [9.17, 15) is 0 Å². The van der Waals surface area contributed by atoms with E-state index in [4.69, 9.17) is 14.2 Å². The molecule has 0 fully saturated rings. The molecular weight excluding hydrogens is 346 g/mol. The topological polar surface area (TPSA) is 90.4 Å². The van der Waals surface area contributed by atoms with Gasteiger partial charge in [-0.15, -0.1) is 5.10 Å². The second-order valence-electron chi connectivity index (χ2n) is 5.70. The fourth-order valence-corrected chi connectivity index (χ4v) is 2.66. The molecule has 0 saturated heterocycles. The molecular formula is C19H19N5O3. The molecule has 0 amide bonds. The number of aromatic nitrogens is 3. The lowest BCUT2D eigenvalue weighted by Crippen LogP contribution is -2.15. The zero-order chi connectivity index (χ0) is 18.5. The third kappa shape index (κ3) is 4.00. The number of nitrogens with zero attached hydrogens (tertiary/aromatic N) is 3. The molecule has 2 heterocycles. The number of anilines is 4. The maximum Gasteiger partial charge on any atom is 0.249 e. The first kappa shape index (κ1) is 16.9. The van der Waals surface area contributed by atoms with Crippen molar-refractivity contribution >= 4 is 23.1 Å². The number of nitrogens with one attached hydrogen (secondary N) is 2. The van der Waals surface area contributed by atoms with Crippen LogP contribution in [0.1, 0.15) is 6.92 Å². The monoisotopic (exact) mass is 365 g/mol. The van der Waals surface area contributed by atoms with Gasteiger partial charge in [0.25, 0.3) is 0 Å². The molecule has 2 N–H and O–H groups in total. The van der Waals surface area contributed by atoms with Gasteiger partial charge in [0.1, 0.15) is 19.0 Å². The third-order valence-corrected chi connectivity index (χ3v) is 3.81. The summed E-state index contributed by atoms with van der Waals surface area (Å²) < 4.78 is 16.7. The van der Waals surface area contributed by atoms with Gasteiger partial charge < -0.3 is 24.8 Å². The highest BCUT2D eigenvalue weighted by molar-refractivity contribution is 5.65. The first-order chi connectivity index (χ1) is 13.3. The maximum absolute atomic E-state index is 5.62. The van der Waals surface area contributed by atoms with Gasteiger partial charge in [0.05, 0.1) is 18.5 Å². The predicted octanol–water partition coefficient (Wildman–Crippen LogP) is 3.53. The van der Waals surface area contributed by atoms with Crippen LogP contribution in [0.3, 0.4) is 0 Å². The minimum Gasteiger partial charge on any atom is -0.492 e. The van der Waals surface area contributed by atoms with Crippen LogP contribution in [0.25, 0.3) is 0 Å². The van der Waals surface area contributed by atoms with E-state index in [2.05, 4.69) is 25.8 Å². The van der Waals surface area contributed by atoms with Gasteiger partial charge >= 0.3 is 0 Å². The highest BCUT2D eigenvalue weighted by Crippen LogP contribution is 2.33. The van der Waals surface area contributed by atoms with E-state index in [0.717, 1.165) is 22.9 Å². The number of fused-ring (bicyclic) bond motifs is 1. The first-order valence-corrected chi connectivity index (χ1v) is 8.67. The summed E-state index contributed by atoms with van der Waals surface area (Å²) in [7, 11) is 0. The summed E-state index contributed by atoms with van der Waals surface area (Å²) in [6.45, 7) is 3.62. The average Bonchev–Trinajstić information content (AvgIpc) is 2.70. The van der Waals surface area contributed by atoms with Crippen molar-refractivity contribution in [1.82, 2.24) is 15.2 Å². The van der Waals surface area contributed by atoms with Crippen LogP contribution >= 0.6 is 0 Å². The minimum absolute atomic E-state index is 0.366. The Kier molecular flexibility index (Phi) is 4.86. The first-order valence-electron chi connectivity index (χ1n) is 8.67. The molecule has 1 aromatic heterocycles. The van der Waals surface area contributed by atoms with Gasteiger partial charge in [0.15, 0.2) is 17.3 Å². The maximum atomic E-state index is 5.62. The van der Waals surface area contributed by atoms with Gasteiger partial charge in [-0.05, 0) is 31.2 Å². The van der Waals surface area contributed by atoms with Gasteiger partial charge in [-0.25, -0.2) is 0 Å². The molecule has 0 spiro atoms. The standard InChI is InChI=1S/C19H19N5O3/c1-2-25-15-6-4-3-5-14(15)22-18-12-20-24-19(23-18)21-13-7-8-16-17(11-13)27-10-9-26-16/h3-8,11-12H,2,9-10H2,1H3,(H2,21,22,23,24). The van der Waals surface area contributed by atoms with E-state index in [1.54, 1.807) is 6.20 Å². The second-order valence-corrected chi connectivity index (χ2v) is 5.70. The molecule has 0 aliphatic carbocycles. The molecule has 138 valence electrons. The zero-order valence-electron chi connectivity index (χ0n) is 14.8. The van der Waals surface area contributed by atoms with E-state index in [-0.39, 0.29) is 0 Å². The Morgan fingerprint density at radius 3 is 2.78 bits per heavy atom. The number of rotatable bonds is 6. The lowest BCUT2D eigenvalue weighted by Gasteiger charge is -2.19. The Morgan fingerprint density at radius 1 is 1.04 bits per heavy atom. The van der Waals surface area contributed by atoms with Crippen LogP contribution in [0.15, 0.2) is 48.7 Å². The SMILES string of the molecule is CCOc1ccccc1Nc1cnnc(Nc2ccc3c(c2)OCCO3)n1. The van der Waals surface area contributed by atoms with E-state index >= 15 is 0 Å². The van der Waals surface area contributed by atoms with Crippen LogP contribution < -0.4 is 24.8 Å². The van der Waals surface area contributed by atoms with Crippen LogP contribution in [-0.2, 0) is 0 Å². The fourth-order valence-electron chi connectivity index (χ4n) is 2.66. The third-order valence-electron chi connectivity index (χ3n) is 3.81. The molecule has 0 atom stereocenters. The molecule has 8 heteroatoms. The number of ether oxygens (including phenoxy) is 3. The Balaban J connectivity index is 1.51. The van der Waals surface area contributed by atoms with Gasteiger partial charge in [-0.2, -0.15) is 10.1 Å². The molecule has 0 bridgehead atoms. The molecule has 8 nitrogen and oxygen atoms in total. The number of hydrogen-bond acceptors (Lipinski definition) is 8. The van der Waals surface area contributed by atoms with E-state index in [1.807, 2.05) is 49.4 Å². The summed E-state index contributed by atoms with van der Waals surface area (Å²) in [4.78, 5) is 4.45. The molecule has 3 aromatic rings. The van der Waals surface area contributed by atoms with Crippen LogP contribution in [0.5, 0.6) is 17.2 Å². The van der Waals surface area contributed by atoms with Gasteiger partial charge in [0, 0.05) is 11.8 Å². The number of hydrogen-bond donors (Lipinski definition) is 2. The summed E-state index contributed by atoms with van der Waals surface area (Å²) in [6, 6.07) is 13.2. The van der Waals surface area contributed by atoms with Crippen molar-refractivity contribution in [3.8, 4) is 17.2 Å². The summed E-state index contributed by atoms with van der Waals surface area (Å²) in [5.41, 5.74) is 1.60. The van der Waals surface area contributed by atoms with E-state index < -0.39 is 0 Å². The molecule has 1 aliphatic rings. The van der Waals surface area contributed by atoms with Gasteiger partial charge in [0.2, 0.25) is 5.95 Å². The Labute approximate surface area is 156 Å². The van der Waals surface area contributed by atoms with Gasteiger partial charge in [-0.3, -0.25) is 0 Å². The molecule has 0 radical (unpaired) electrons. The molecule has 1 aliphatic heterocycles. The van der Waals surface area contributed by atoms with Crippen molar-refractivity contribution in [2.75, 3.05) is 30.5 Å². The Bertz CT molecular complexity index is 935. The highest BCUT2D eigenvalue weighted by Gasteiger charge is 2.12. The highest BCUT2D eigenvalue weighted by atomic mass is 16.6. The largest absolute Gasteiger partial charge is 0.492 e. The lowest BCUT2D eigenvalue weighted by atomic mass is 10.2. The quantitative estimate of drug-likeness (QED) is 0.686. The summed E-state index contributed by atoms with van der Waals surface area (Å²) in [6.07, 6.45) is 1.55. The summed E-state index contributed by atoms with van der Waals surface area (Å²) in [5, 5.41) is 14.4. The van der Waals surface area contributed by atoms with Gasteiger partial charge in [-0.1, -0.05) is 12.1 Å². The summed E-state index contributed by atoms with van der Waals surface area (Å²) in [5.74, 6) is 3.09. The zero-order valence-corrected chi connectivity index (χ0v) is 14.8. The lowest BCUT2D eigenvalue weighted by molar-refractivity contribution is 0.171. The van der Waals surface area contributed by atoms with Crippen molar-refractivity contribution in [2.24, 2.45) is 0 Å². The van der Waals surface area contributed by atoms with Crippen molar-refractivity contribution in [1.29, 1.82) is 0 Å². The average molecular weight is 365 g/mol. The second kappa shape index (κ2) is 7.77. The Hall–Kier alpha value is -3.55. The smallest absolute Gasteiger partial charge is 0.249 e. The molecule has 4 rings (SSSR count). The van der Waals surface area contributed by atoms with Crippen molar-refractivity contribution in [2.45, 2.75) is 6.92 Å². The predicted molar refractivity (Wildman–Crippen MR) is 101 cm³/mol. The van der Waals surface area contributed by atoms with E-state index in [0.29, 0.717) is 37.3 Å². The number of para-hydroxylation sites is 2. The molecule has 2 aromatic carbocycles. The fraction of sp³-hybridized carbons (Fsp3) is 0.211. The Morgan fingerprint density at radius 2 is 1.89 bits per heavy atom.